The van der Waals surface area contributed by atoms with E-state index >= 15 is 0 Å². The minimum absolute atomic E-state index is 0.334. The molecule has 4 nitrogen and oxygen atoms in total. The summed E-state index contributed by atoms with van der Waals surface area (Å²) in [6.45, 7) is 2.15. The fraction of sp³-hybridized carbons (Fsp3) is 0.333. The van der Waals surface area contributed by atoms with Gasteiger partial charge in [0.25, 0.3) is 0 Å². The largest absolute Gasteiger partial charge is 0.465 e. The lowest BCUT2D eigenvalue weighted by Crippen LogP contribution is -2.34. The van der Waals surface area contributed by atoms with Gasteiger partial charge in [0, 0.05) is 23.1 Å². The molecule has 0 spiro atoms. The number of hydrogen-bond acceptors (Lipinski definition) is 5. The van der Waals surface area contributed by atoms with Crippen LogP contribution in [-0.4, -0.2) is 29.4 Å². The van der Waals surface area contributed by atoms with Crippen molar-refractivity contribution in [1.82, 2.24) is 4.98 Å². The summed E-state index contributed by atoms with van der Waals surface area (Å²) >= 11 is 1.63. The fourth-order valence-electron chi connectivity index (χ4n) is 1.89. The smallest absolute Gasteiger partial charge is 0.323 e. The number of thioether (sulfide) groups is 1. The third kappa shape index (κ3) is 3.71. The summed E-state index contributed by atoms with van der Waals surface area (Å²) in [7, 11) is 0. The third-order valence-corrected chi connectivity index (χ3v) is 3.99. The highest BCUT2D eigenvalue weighted by Crippen LogP contribution is 2.21. The molecule has 2 N–H and O–H groups in total. The molecule has 20 heavy (non-hydrogen) atoms. The molecule has 106 valence electrons. The van der Waals surface area contributed by atoms with Crippen LogP contribution in [0.15, 0.2) is 36.5 Å². The van der Waals surface area contributed by atoms with Crippen LogP contribution in [0.2, 0.25) is 0 Å². The van der Waals surface area contributed by atoms with Gasteiger partial charge in [-0.3, -0.25) is 9.78 Å². The summed E-state index contributed by atoms with van der Waals surface area (Å²) in [5.41, 5.74) is 7.96. The fourth-order valence-corrected chi connectivity index (χ4v) is 2.87. The van der Waals surface area contributed by atoms with Gasteiger partial charge in [-0.15, -0.1) is 0 Å². The maximum absolute atomic E-state index is 11.4. The molecule has 1 aromatic carbocycles. The zero-order chi connectivity index (χ0) is 14.4. The SMILES string of the molecule is CCOC(=O)C(N)CSCc1ccnc2ccccc12. The number of fused-ring (bicyclic) bond motifs is 1. The first-order valence-corrected chi connectivity index (χ1v) is 7.70. The van der Waals surface area contributed by atoms with Crippen LogP contribution in [-0.2, 0) is 15.3 Å². The van der Waals surface area contributed by atoms with Crippen LogP contribution < -0.4 is 5.73 Å². The quantitative estimate of drug-likeness (QED) is 0.827. The predicted molar refractivity (Wildman–Crippen MR) is 82.5 cm³/mol. The van der Waals surface area contributed by atoms with Crippen LogP contribution >= 0.6 is 11.8 Å². The van der Waals surface area contributed by atoms with E-state index in [0.29, 0.717) is 12.4 Å². The van der Waals surface area contributed by atoms with Gasteiger partial charge in [0.05, 0.1) is 12.1 Å². The van der Waals surface area contributed by atoms with Crippen molar-refractivity contribution in [3.05, 3.63) is 42.1 Å². The Kier molecular flexibility index (Phi) is 5.38. The van der Waals surface area contributed by atoms with Gasteiger partial charge in [0.1, 0.15) is 6.04 Å². The van der Waals surface area contributed by atoms with Gasteiger partial charge in [-0.2, -0.15) is 11.8 Å². The van der Waals surface area contributed by atoms with Gasteiger partial charge in [0.15, 0.2) is 0 Å². The number of nitrogens with zero attached hydrogens (tertiary/aromatic N) is 1. The van der Waals surface area contributed by atoms with Gasteiger partial charge in [-0.1, -0.05) is 18.2 Å². The molecule has 0 aliphatic carbocycles. The number of pyridine rings is 1. The molecule has 1 atom stereocenters. The molecule has 0 aliphatic rings. The summed E-state index contributed by atoms with van der Waals surface area (Å²) in [4.78, 5) is 15.8. The Morgan fingerprint density at radius 3 is 3.00 bits per heavy atom. The van der Waals surface area contributed by atoms with Gasteiger partial charge < -0.3 is 10.5 Å². The highest BCUT2D eigenvalue weighted by molar-refractivity contribution is 7.98. The Bertz CT molecular complexity index is 584. The van der Waals surface area contributed by atoms with Gasteiger partial charge in [0.2, 0.25) is 0 Å². The van der Waals surface area contributed by atoms with Crippen molar-refractivity contribution in [1.29, 1.82) is 0 Å². The van der Waals surface area contributed by atoms with Crippen molar-refractivity contribution in [2.75, 3.05) is 12.4 Å². The number of carbonyl (C=O) groups excluding carboxylic acids is 1. The molecule has 2 rings (SSSR count). The maximum atomic E-state index is 11.4. The summed E-state index contributed by atoms with van der Waals surface area (Å²) in [6.07, 6.45) is 1.81. The molecule has 0 fully saturated rings. The van der Waals surface area contributed by atoms with Crippen molar-refractivity contribution >= 4 is 28.6 Å². The van der Waals surface area contributed by atoms with Crippen molar-refractivity contribution in [2.45, 2.75) is 18.7 Å². The Morgan fingerprint density at radius 1 is 1.40 bits per heavy atom. The number of benzene rings is 1. The molecule has 0 amide bonds. The lowest BCUT2D eigenvalue weighted by atomic mass is 10.1. The van der Waals surface area contributed by atoms with Crippen LogP contribution in [0, 0.1) is 0 Å². The lowest BCUT2D eigenvalue weighted by Gasteiger charge is -2.10. The average Bonchev–Trinajstić information content (AvgIpc) is 2.47. The van der Waals surface area contributed by atoms with E-state index in [4.69, 9.17) is 10.5 Å². The Morgan fingerprint density at radius 2 is 2.20 bits per heavy atom. The van der Waals surface area contributed by atoms with Crippen molar-refractivity contribution in [3.8, 4) is 0 Å². The van der Waals surface area contributed by atoms with Crippen LogP contribution in [0.1, 0.15) is 12.5 Å². The number of esters is 1. The van der Waals surface area contributed by atoms with Crippen molar-refractivity contribution < 1.29 is 9.53 Å². The zero-order valence-corrected chi connectivity index (χ0v) is 12.2. The van der Waals surface area contributed by atoms with E-state index in [2.05, 4.69) is 11.1 Å². The van der Waals surface area contributed by atoms with Gasteiger partial charge in [-0.25, -0.2) is 0 Å². The monoisotopic (exact) mass is 290 g/mol. The number of rotatable bonds is 6. The highest BCUT2D eigenvalue weighted by Gasteiger charge is 2.14. The van der Waals surface area contributed by atoms with Gasteiger partial charge in [-0.05, 0) is 24.6 Å². The molecule has 0 aliphatic heterocycles. The standard InChI is InChI=1S/C15H18N2O2S/c1-2-19-15(18)13(16)10-20-9-11-7-8-17-14-6-4-3-5-12(11)14/h3-8,13H,2,9-10,16H2,1H3. The second-order valence-corrected chi connectivity index (χ2v) is 5.39. The first-order chi connectivity index (χ1) is 9.72. The normalized spacial score (nSPS) is 12.3. The molecular formula is C15H18N2O2S. The number of ether oxygens (including phenoxy) is 1. The first kappa shape index (κ1) is 14.8. The van der Waals surface area contributed by atoms with E-state index < -0.39 is 6.04 Å². The molecule has 0 radical (unpaired) electrons. The summed E-state index contributed by atoms with van der Waals surface area (Å²) in [5, 5.41) is 1.15. The number of nitrogens with two attached hydrogens (primary N) is 1. The summed E-state index contributed by atoms with van der Waals surface area (Å²) in [6, 6.07) is 9.47. The molecule has 1 unspecified atom stereocenters. The second kappa shape index (κ2) is 7.26. The number of aromatic nitrogens is 1. The van der Waals surface area contributed by atoms with E-state index in [1.54, 1.807) is 18.7 Å². The average molecular weight is 290 g/mol. The van der Waals surface area contributed by atoms with E-state index in [1.807, 2.05) is 30.5 Å². The van der Waals surface area contributed by atoms with Crippen LogP contribution in [0.3, 0.4) is 0 Å². The highest BCUT2D eigenvalue weighted by atomic mass is 32.2. The molecule has 0 saturated carbocycles. The number of carbonyl (C=O) groups is 1. The first-order valence-electron chi connectivity index (χ1n) is 6.55. The van der Waals surface area contributed by atoms with Crippen LogP contribution in [0.25, 0.3) is 10.9 Å². The van der Waals surface area contributed by atoms with Crippen molar-refractivity contribution in [3.63, 3.8) is 0 Å². The molecule has 1 aromatic heterocycles. The topological polar surface area (TPSA) is 65.2 Å². The van der Waals surface area contributed by atoms with Gasteiger partial charge >= 0.3 is 5.97 Å². The predicted octanol–water partition coefficient (Wildman–Crippen LogP) is 2.36. The molecule has 1 heterocycles. The lowest BCUT2D eigenvalue weighted by molar-refractivity contribution is -0.144. The minimum atomic E-state index is -0.562. The number of para-hydroxylation sites is 1. The van der Waals surface area contributed by atoms with E-state index in [-0.39, 0.29) is 5.97 Å². The summed E-state index contributed by atoms with van der Waals surface area (Å²) < 4.78 is 4.89. The van der Waals surface area contributed by atoms with E-state index in [9.17, 15) is 4.79 Å². The number of hydrogen-bond donors (Lipinski definition) is 1. The van der Waals surface area contributed by atoms with E-state index in [1.165, 1.54) is 5.56 Å². The molecule has 0 saturated heterocycles. The summed E-state index contributed by atoms with van der Waals surface area (Å²) in [5.74, 6) is 1.02. The third-order valence-electron chi connectivity index (χ3n) is 2.88. The van der Waals surface area contributed by atoms with E-state index in [0.717, 1.165) is 16.7 Å². The molecule has 0 bridgehead atoms. The van der Waals surface area contributed by atoms with Crippen LogP contribution in [0.4, 0.5) is 0 Å². The van der Waals surface area contributed by atoms with Crippen LogP contribution in [0.5, 0.6) is 0 Å². The Labute approximate surface area is 122 Å². The molecule has 2 aromatic rings. The Balaban J connectivity index is 1.95. The second-order valence-electron chi connectivity index (χ2n) is 4.36. The zero-order valence-electron chi connectivity index (χ0n) is 11.4. The Hall–Kier alpha value is -1.59. The minimum Gasteiger partial charge on any atom is -0.465 e. The van der Waals surface area contributed by atoms with Crippen molar-refractivity contribution in [2.24, 2.45) is 5.73 Å². The molecular weight excluding hydrogens is 272 g/mol. The molecule has 5 heteroatoms. The maximum Gasteiger partial charge on any atom is 0.323 e.